The van der Waals surface area contributed by atoms with Gasteiger partial charge < -0.3 is 4.74 Å². The minimum absolute atomic E-state index is 0.160. The highest BCUT2D eigenvalue weighted by atomic mass is 32.1. The summed E-state index contributed by atoms with van der Waals surface area (Å²) in [5.41, 5.74) is 1.10. The Morgan fingerprint density at radius 2 is 2.47 bits per heavy atom. The molecule has 2 heterocycles. The molecule has 1 fully saturated rings. The summed E-state index contributed by atoms with van der Waals surface area (Å²) >= 11 is 1.54. The predicted molar refractivity (Wildman–Crippen MR) is 61.6 cm³/mol. The van der Waals surface area contributed by atoms with Crippen LogP contribution in [-0.2, 0) is 4.74 Å². The normalized spacial score (nSPS) is 21.5. The monoisotopic (exact) mass is 224 g/mol. The third-order valence-electron chi connectivity index (χ3n) is 2.80. The fraction of sp³-hybridized carbons (Fsp3) is 0.583. The molecule has 1 aliphatic rings. The standard InChI is InChI=1S/C12H16O2S/c1-9-5-7-15-12(9)11(13)8-10-4-2-3-6-14-10/h5,7,10H,2-4,6,8H2,1H3. The number of aryl methyl sites for hydroxylation is 1. The van der Waals surface area contributed by atoms with Crippen LogP contribution >= 0.6 is 11.3 Å². The summed E-state index contributed by atoms with van der Waals surface area (Å²) in [7, 11) is 0. The zero-order chi connectivity index (χ0) is 10.7. The molecule has 0 saturated carbocycles. The molecule has 82 valence electrons. The van der Waals surface area contributed by atoms with Gasteiger partial charge in [-0.1, -0.05) is 0 Å². The van der Waals surface area contributed by atoms with Crippen molar-refractivity contribution in [2.75, 3.05) is 6.61 Å². The van der Waals surface area contributed by atoms with Crippen LogP contribution in [-0.4, -0.2) is 18.5 Å². The Labute approximate surface area is 94.3 Å². The summed E-state index contributed by atoms with van der Waals surface area (Å²) in [5.74, 6) is 0.245. The van der Waals surface area contributed by atoms with Gasteiger partial charge in [0.05, 0.1) is 11.0 Å². The van der Waals surface area contributed by atoms with Gasteiger partial charge in [0.25, 0.3) is 0 Å². The summed E-state index contributed by atoms with van der Waals surface area (Å²) in [5, 5.41) is 1.98. The molecule has 1 atom stereocenters. The van der Waals surface area contributed by atoms with Crippen molar-refractivity contribution < 1.29 is 9.53 Å². The van der Waals surface area contributed by atoms with E-state index < -0.39 is 0 Å². The van der Waals surface area contributed by atoms with Crippen LogP contribution < -0.4 is 0 Å². The van der Waals surface area contributed by atoms with Gasteiger partial charge >= 0.3 is 0 Å². The van der Waals surface area contributed by atoms with Gasteiger partial charge in [-0.05, 0) is 43.2 Å². The Morgan fingerprint density at radius 1 is 1.60 bits per heavy atom. The van der Waals surface area contributed by atoms with Gasteiger partial charge in [0.2, 0.25) is 0 Å². The molecular formula is C12H16O2S. The zero-order valence-corrected chi connectivity index (χ0v) is 9.81. The molecule has 1 unspecified atom stereocenters. The van der Waals surface area contributed by atoms with Crippen molar-refractivity contribution in [3.63, 3.8) is 0 Å². The van der Waals surface area contributed by atoms with Crippen LogP contribution in [0.3, 0.4) is 0 Å². The lowest BCUT2D eigenvalue weighted by molar-refractivity contribution is 0.0130. The van der Waals surface area contributed by atoms with Gasteiger partial charge in [-0.15, -0.1) is 11.3 Å². The van der Waals surface area contributed by atoms with Crippen LogP contribution in [0.25, 0.3) is 0 Å². The summed E-state index contributed by atoms with van der Waals surface area (Å²) in [4.78, 5) is 12.8. The molecule has 2 nitrogen and oxygen atoms in total. The molecule has 0 amide bonds. The molecule has 0 aromatic carbocycles. The van der Waals surface area contributed by atoms with Crippen molar-refractivity contribution in [3.8, 4) is 0 Å². The Balaban J connectivity index is 1.94. The van der Waals surface area contributed by atoms with E-state index in [0.29, 0.717) is 6.42 Å². The second-order valence-electron chi connectivity index (χ2n) is 4.05. The van der Waals surface area contributed by atoms with Crippen LogP contribution in [0.2, 0.25) is 0 Å². The van der Waals surface area contributed by atoms with Gasteiger partial charge in [-0.2, -0.15) is 0 Å². The molecule has 0 spiro atoms. The smallest absolute Gasteiger partial charge is 0.175 e. The van der Waals surface area contributed by atoms with E-state index in [1.165, 1.54) is 6.42 Å². The van der Waals surface area contributed by atoms with Crippen molar-refractivity contribution in [2.45, 2.75) is 38.7 Å². The number of carbonyl (C=O) groups is 1. The quantitative estimate of drug-likeness (QED) is 0.737. The fourth-order valence-corrected chi connectivity index (χ4v) is 2.80. The van der Waals surface area contributed by atoms with E-state index in [-0.39, 0.29) is 11.9 Å². The molecule has 15 heavy (non-hydrogen) atoms. The molecule has 0 bridgehead atoms. The lowest BCUT2D eigenvalue weighted by Gasteiger charge is -2.21. The Morgan fingerprint density at radius 3 is 3.07 bits per heavy atom. The second-order valence-corrected chi connectivity index (χ2v) is 4.96. The topological polar surface area (TPSA) is 26.3 Å². The predicted octanol–water partition coefficient (Wildman–Crippen LogP) is 3.20. The van der Waals surface area contributed by atoms with Crippen LogP contribution in [0.5, 0.6) is 0 Å². The maximum Gasteiger partial charge on any atom is 0.175 e. The lowest BCUT2D eigenvalue weighted by atomic mass is 10.0. The van der Waals surface area contributed by atoms with Crippen molar-refractivity contribution in [3.05, 3.63) is 21.9 Å². The van der Waals surface area contributed by atoms with E-state index in [0.717, 1.165) is 29.9 Å². The highest BCUT2D eigenvalue weighted by Crippen LogP contribution is 2.22. The molecule has 0 radical (unpaired) electrons. The minimum Gasteiger partial charge on any atom is -0.378 e. The first-order valence-corrected chi connectivity index (χ1v) is 6.34. The number of ether oxygens (including phenoxy) is 1. The summed E-state index contributed by atoms with van der Waals surface area (Å²) in [6, 6.07) is 2.00. The molecule has 2 rings (SSSR count). The van der Waals surface area contributed by atoms with Crippen LogP contribution in [0.15, 0.2) is 11.4 Å². The molecule has 1 aromatic heterocycles. The number of rotatable bonds is 3. The number of thiophene rings is 1. The fourth-order valence-electron chi connectivity index (χ4n) is 1.93. The molecule has 1 saturated heterocycles. The van der Waals surface area contributed by atoms with Gasteiger partial charge in [0.1, 0.15) is 0 Å². The highest BCUT2D eigenvalue weighted by Gasteiger charge is 2.20. The first-order chi connectivity index (χ1) is 7.27. The first-order valence-electron chi connectivity index (χ1n) is 5.46. The van der Waals surface area contributed by atoms with E-state index in [9.17, 15) is 4.79 Å². The second kappa shape index (κ2) is 4.90. The first kappa shape index (κ1) is 10.8. The largest absolute Gasteiger partial charge is 0.378 e. The van der Waals surface area contributed by atoms with Crippen molar-refractivity contribution in [2.24, 2.45) is 0 Å². The third-order valence-corrected chi connectivity index (χ3v) is 3.86. The van der Waals surface area contributed by atoms with Gasteiger partial charge in [0.15, 0.2) is 5.78 Å². The number of carbonyl (C=O) groups excluding carboxylic acids is 1. The molecular weight excluding hydrogens is 208 g/mol. The molecule has 0 aliphatic carbocycles. The maximum atomic E-state index is 11.9. The van der Waals surface area contributed by atoms with Gasteiger partial charge in [-0.3, -0.25) is 4.79 Å². The van der Waals surface area contributed by atoms with Gasteiger partial charge in [-0.25, -0.2) is 0 Å². The van der Waals surface area contributed by atoms with Crippen LogP contribution in [0.1, 0.15) is 40.9 Å². The average Bonchev–Trinajstić information content (AvgIpc) is 2.66. The van der Waals surface area contributed by atoms with Crippen molar-refractivity contribution >= 4 is 17.1 Å². The highest BCUT2D eigenvalue weighted by molar-refractivity contribution is 7.12. The van der Waals surface area contributed by atoms with E-state index in [4.69, 9.17) is 4.74 Å². The van der Waals surface area contributed by atoms with Gasteiger partial charge in [0, 0.05) is 13.0 Å². The van der Waals surface area contributed by atoms with E-state index >= 15 is 0 Å². The number of hydrogen-bond acceptors (Lipinski definition) is 3. The molecule has 1 aliphatic heterocycles. The summed E-state index contributed by atoms with van der Waals surface area (Å²) < 4.78 is 5.57. The summed E-state index contributed by atoms with van der Waals surface area (Å²) in [6.45, 7) is 2.81. The van der Waals surface area contributed by atoms with Crippen molar-refractivity contribution in [1.29, 1.82) is 0 Å². The number of hydrogen-bond donors (Lipinski definition) is 0. The van der Waals surface area contributed by atoms with E-state index in [2.05, 4.69) is 0 Å². The van der Waals surface area contributed by atoms with E-state index in [1.807, 2.05) is 18.4 Å². The number of Topliss-reactive ketones (excluding diaryl/α,β-unsaturated/α-hetero) is 1. The molecule has 3 heteroatoms. The average molecular weight is 224 g/mol. The Bertz CT molecular complexity index is 337. The summed E-state index contributed by atoms with van der Waals surface area (Å²) in [6.07, 6.45) is 4.09. The van der Waals surface area contributed by atoms with Crippen molar-refractivity contribution in [1.82, 2.24) is 0 Å². The number of ketones is 1. The Hall–Kier alpha value is -0.670. The molecule has 1 aromatic rings. The van der Waals surface area contributed by atoms with Crippen LogP contribution in [0.4, 0.5) is 0 Å². The Kier molecular flexibility index (Phi) is 3.54. The lowest BCUT2D eigenvalue weighted by Crippen LogP contribution is -2.22. The minimum atomic E-state index is 0.160. The third kappa shape index (κ3) is 2.67. The van der Waals surface area contributed by atoms with Crippen LogP contribution in [0, 0.1) is 6.92 Å². The maximum absolute atomic E-state index is 11.9. The van der Waals surface area contributed by atoms with E-state index in [1.54, 1.807) is 11.3 Å². The SMILES string of the molecule is Cc1ccsc1C(=O)CC1CCCCO1. The zero-order valence-electron chi connectivity index (χ0n) is 8.99. The molecule has 0 N–H and O–H groups in total.